The second-order valence-electron chi connectivity index (χ2n) is 4.63. The van der Waals surface area contributed by atoms with E-state index >= 15 is 0 Å². The smallest absolute Gasteiger partial charge is 0.246 e. The molecular weight excluding hydrogens is 246 g/mol. The van der Waals surface area contributed by atoms with Crippen molar-refractivity contribution in [3.63, 3.8) is 0 Å². The van der Waals surface area contributed by atoms with Crippen LogP contribution in [0, 0.1) is 0 Å². The number of carbonyl (C=O) groups is 2. The van der Waals surface area contributed by atoms with Crippen LogP contribution in [-0.2, 0) is 16.6 Å². The number of anilines is 1. The van der Waals surface area contributed by atoms with Gasteiger partial charge in [-0.15, -0.1) is 0 Å². The maximum Gasteiger partial charge on any atom is 0.246 e. The van der Waals surface area contributed by atoms with Gasteiger partial charge >= 0.3 is 0 Å². The van der Waals surface area contributed by atoms with Gasteiger partial charge in [0.25, 0.3) is 0 Å². The lowest BCUT2D eigenvalue weighted by Gasteiger charge is -2.33. The molecule has 7 nitrogen and oxygen atoms in total. The van der Waals surface area contributed by atoms with Crippen LogP contribution in [0.2, 0.25) is 0 Å². The van der Waals surface area contributed by atoms with Crippen LogP contribution in [0.4, 0.5) is 5.69 Å². The van der Waals surface area contributed by atoms with E-state index in [0.29, 0.717) is 32.5 Å². The fraction of sp³-hybridized carbons (Fsp3) is 0.583. The highest BCUT2D eigenvalue weighted by Gasteiger charge is 2.28. The summed E-state index contributed by atoms with van der Waals surface area (Å²) in [6.45, 7) is 1.70. The molecule has 2 amide bonds. The SMILES string of the molecule is Cn1cc(N2CCN(C(=O)CCCN)CC2=O)cn1. The Balaban J connectivity index is 1.95. The number of aryl methyl sites for hydroxylation is 1. The fourth-order valence-electron chi connectivity index (χ4n) is 2.12. The number of nitrogens with two attached hydrogens (primary N) is 1. The molecule has 0 bridgehead atoms. The topological polar surface area (TPSA) is 84.5 Å². The fourth-order valence-corrected chi connectivity index (χ4v) is 2.12. The summed E-state index contributed by atoms with van der Waals surface area (Å²) in [6, 6.07) is 0. The quantitative estimate of drug-likeness (QED) is 0.783. The van der Waals surface area contributed by atoms with E-state index in [1.54, 1.807) is 33.9 Å². The lowest BCUT2D eigenvalue weighted by Crippen LogP contribution is -2.52. The normalized spacial score (nSPS) is 16.0. The van der Waals surface area contributed by atoms with Crippen LogP contribution in [0.5, 0.6) is 0 Å². The first-order valence-corrected chi connectivity index (χ1v) is 6.38. The molecule has 1 fully saturated rings. The van der Waals surface area contributed by atoms with Crippen molar-refractivity contribution in [1.29, 1.82) is 0 Å². The molecule has 2 N–H and O–H groups in total. The lowest BCUT2D eigenvalue weighted by molar-refractivity contribution is -0.136. The molecule has 19 heavy (non-hydrogen) atoms. The van der Waals surface area contributed by atoms with Crippen molar-refractivity contribution in [3.8, 4) is 0 Å². The third kappa shape index (κ3) is 3.11. The molecule has 1 aromatic heterocycles. The van der Waals surface area contributed by atoms with Crippen LogP contribution in [0.3, 0.4) is 0 Å². The Morgan fingerprint density at radius 3 is 2.84 bits per heavy atom. The standard InChI is InChI=1S/C12H19N5O2/c1-15-8-10(7-14-15)17-6-5-16(9-12(17)19)11(18)3-2-4-13/h7-8H,2-6,9,13H2,1H3. The first-order valence-electron chi connectivity index (χ1n) is 6.38. The average Bonchev–Trinajstić information content (AvgIpc) is 2.82. The van der Waals surface area contributed by atoms with Gasteiger partial charge in [-0.3, -0.25) is 14.3 Å². The lowest BCUT2D eigenvalue weighted by atomic mass is 10.2. The van der Waals surface area contributed by atoms with Gasteiger partial charge in [0.2, 0.25) is 11.8 Å². The number of rotatable bonds is 4. The second-order valence-corrected chi connectivity index (χ2v) is 4.63. The molecule has 7 heteroatoms. The van der Waals surface area contributed by atoms with Gasteiger partial charge < -0.3 is 15.5 Å². The molecule has 1 aliphatic rings. The molecule has 1 saturated heterocycles. The van der Waals surface area contributed by atoms with E-state index in [0.717, 1.165) is 5.69 Å². The van der Waals surface area contributed by atoms with Crippen molar-refractivity contribution < 1.29 is 9.59 Å². The molecule has 0 saturated carbocycles. The molecule has 1 aromatic rings. The van der Waals surface area contributed by atoms with Crippen molar-refractivity contribution in [2.75, 3.05) is 31.1 Å². The molecule has 0 unspecified atom stereocenters. The third-order valence-corrected chi connectivity index (χ3v) is 3.17. The van der Waals surface area contributed by atoms with Crippen LogP contribution in [0.25, 0.3) is 0 Å². The minimum absolute atomic E-state index is 0.00429. The first kappa shape index (κ1) is 13.5. The summed E-state index contributed by atoms with van der Waals surface area (Å²) >= 11 is 0. The van der Waals surface area contributed by atoms with Crippen LogP contribution >= 0.6 is 0 Å². The largest absolute Gasteiger partial charge is 0.332 e. The van der Waals surface area contributed by atoms with Gasteiger partial charge in [0.1, 0.15) is 6.54 Å². The summed E-state index contributed by atoms with van der Waals surface area (Å²) in [5.41, 5.74) is 6.16. The van der Waals surface area contributed by atoms with Gasteiger partial charge in [-0.25, -0.2) is 0 Å². The molecule has 0 atom stereocenters. The minimum Gasteiger partial charge on any atom is -0.332 e. The van der Waals surface area contributed by atoms with Gasteiger partial charge in [-0.2, -0.15) is 5.10 Å². The monoisotopic (exact) mass is 265 g/mol. The van der Waals surface area contributed by atoms with Crippen molar-refractivity contribution in [1.82, 2.24) is 14.7 Å². The Kier molecular flexibility index (Phi) is 4.16. The summed E-state index contributed by atoms with van der Waals surface area (Å²) in [4.78, 5) is 27.2. The van der Waals surface area contributed by atoms with Crippen LogP contribution < -0.4 is 10.6 Å². The van der Waals surface area contributed by atoms with E-state index in [-0.39, 0.29) is 18.4 Å². The third-order valence-electron chi connectivity index (χ3n) is 3.17. The Morgan fingerprint density at radius 1 is 1.47 bits per heavy atom. The molecular formula is C12H19N5O2. The predicted molar refractivity (Wildman–Crippen MR) is 70.4 cm³/mol. The summed E-state index contributed by atoms with van der Waals surface area (Å²) < 4.78 is 1.65. The number of amides is 2. The van der Waals surface area contributed by atoms with Crippen LogP contribution in [0.1, 0.15) is 12.8 Å². The van der Waals surface area contributed by atoms with Crippen LogP contribution in [0.15, 0.2) is 12.4 Å². The Hall–Kier alpha value is -1.89. The van der Waals surface area contributed by atoms with Gasteiger partial charge in [-0.05, 0) is 13.0 Å². The van der Waals surface area contributed by atoms with Gasteiger partial charge in [0.05, 0.1) is 11.9 Å². The summed E-state index contributed by atoms with van der Waals surface area (Å²) in [7, 11) is 1.81. The summed E-state index contributed by atoms with van der Waals surface area (Å²) in [5, 5.41) is 4.05. The van der Waals surface area contributed by atoms with Gasteiger partial charge in [0, 0.05) is 32.8 Å². The highest BCUT2D eigenvalue weighted by molar-refractivity contribution is 5.97. The van der Waals surface area contributed by atoms with Crippen molar-refractivity contribution in [2.24, 2.45) is 12.8 Å². The van der Waals surface area contributed by atoms with E-state index in [1.165, 1.54) is 0 Å². The number of hydrogen-bond donors (Lipinski definition) is 1. The molecule has 2 heterocycles. The van der Waals surface area contributed by atoms with E-state index in [1.807, 2.05) is 0 Å². The zero-order valence-corrected chi connectivity index (χ0v) is 11.1. The number of nitrogens with zero attached hydrogens (tertiary/aromatic N) is 4. The predicted octanol–water partition coefficient (Wildman–Crippen LogP) is -0.666. The van der Waals surface area contributed by atoms with Gasteiger partial charge in [-0.1, -0.05) is 0 Å². The number of aromatic nitrogens is 2. The van der Waals surface area contributed by atoms with Crippen molar-refractivity contribution in [2.45, 2.75) is 12.8 Å². The highest BCUT2D eigenvalue weighted by atomic mass is 16.2. The molecule has 0 spiro atoms. The van der Waals surface area contributed by atoms with E-state index in [4.69, 9.17) is 5.73 Å². The zero-order chi connectivity index (χ0) is 13.8. The minimum atomic E-state index is -0.0691. The van der Waals surface area contributed by atoms with Crippen molar-refractivity contribution in [3.05, 3.63) is 12.4 Å². The highest BCUT2D eigenvalue weighted by Crippen LogP contribution is 2.16. The first-order chi connectivity index (χ1) is 9.11. The molecule has 0 aliphatic carbocycles. The molecule has 2 rings (SSSR count). The van der Waals surface area contributed by atoms with E-state index in [2.05, 4.69) is 5.10 Å². The zero-order valence-electron chi connectivity index (χ0n) is 11.1. The molecule has 0 radical (unpaired) electrons. The maximum absolute atomic E-state index is 12.1. The number of hydrogen-bond acceptors (Lipinski definition) is 4. The van der Waals surface area contributed by atoms with Crippen LogP contribution in [-0.4, -0.2) is 52.7 Å². The maximum atomic E-state index is 12.1. The Bertz CT molecular complexity index is 470. The number of piperazine rings is 1. The van der Waals surface area contributed by atoms with Gasteiger partial charge in [0.15, 0.2) is 0 Å². The van der Waals surface area contributed by atoms with E-state index < -0.39 is 0 Å². The summed E-state index contributed by atoms with van der Waals surface area (Å²) in [6.07, 6.45) is 4.53. The average molecular weight is 265 g/mol. The second kappa shape index (κ2) is 5.83. The molecule has 104 valence electrons. The van der Waals surface area contributed by atoms with E-state index in [9.17, 15) is 9.59 Å². The Labute approximate surface area is 111 Å². The molecule has 1 aliphatic heterocycles. The Morgan fingerprint density at radius 2 is 2.26 bits per heavy atom. The summed E-state index contributed by atoms with van der Waals surface area (Å²) in [5.74, 6) is -0.0648. The number of carbonyl (C=O) groups excluding carboxylic acids is 2. The van der Waals surface area contributed by atoms with Crippen molar-refractivity contribution >= 4 is 17.5 Å². The molecule has 0 aromatic carbocycles.